The summed E-state index contributed by atoms with van der Waals surface area (Å²) in [6, 6.07) is 11.8. The third-order valence-electron chi connectivity index (χ3n) is 3.28. The second-order valence-electron chi connectivity index (χ2n) is 5.25. The second-order valence-corrected chi connectivity index (χ2v) is 6.90. The van der Waals surface area contributed by atoms with Gasteiger partial charge in [0.05, 0.1) is 16.8 Å². The lowest BCUT2D eigenvalue weighted by atomic mass is 10.2. The van der Waals surface area contributed by atoms with Crippen LogP contribution < -0.4 is 10.0 Å². The first-order chi connectivity index (χ1) is 11.4. The lowest BCUT2D eigenvalue weighted by molar-refractivity contribution is 0.400. The Morgan fingerprint density at radius 3 is 2.46 bits per heavy atom. The highest BCUT2D eigenvalue weighted by Gasteiger charge is 2.16. The molecule has 0 aliphatic carbocycles. The second kappa shape index (κ2) is 6.32. The SMILES string of the molecule is Cc1cc(Nc2ccc(NS(=O)(=O)c3ccccc3C)cn2)no1. The van der Waals surface area contributed by atoms with Gasteiger partial charge < -0.3 is 9.84 Å². The van der Waals surface area contributed by atoms with Gasteiger partial charge >= 0.3 is 0 Å². The topological polar surface area (TPSA) is 97.1 Å². The zero-order chi connectivity index (χ0) is 17.2. The first-order valence-electron chi connectivity index (χ1n) is 7.19. The maximum Gasteiger partial charge on any atom is 0.262 e. The number of sulfonamides is 1. The van der Waals surface area contributed by atoms with Gasteiger partial charge in [-0.3, -0.25) is 4.72 Å². The molecular formula is C16H16N4O3S. The molecule has 7 nitrogen and oxygen atoms in total. The van der Waals surface area contributed by atoms with Crippen molar-refractivity contribution >= 4 is 27.3 Å². The molecule has 0 aliphatic heterocycles. The highest BCUT2D eigenvalue weighted by atomic mass is 32.2. The predicted octanol–water partition coefficient (Wildman–Crippen LogP) is 3.23. The number of aromatic nitrogens is 2. The van der Waals surface area contributed by atoms with E-state index in [4.69, 9.17) is 4.52 Å². The van der Waals surface area contributed by atoms with Gasteiger partial charge in [0.15, 0.2) is 5.82 Å². The Kier molecular flexibility index (Phi) is 4.22. The minimum Gasteiger partial charge on any atom is -0.360 e. The maximum atomic E-state index is 12.4. The van der Waals surface area contributed by atoms with Gasteiger partial charge in [0.25, 0.3) is 10.0 Å². The van der Waals surface area contributed by atoms with Crippen molar-refractivity contribution in [3.8, 4) is 0 Å². The molecule has 0 fully saturated rings. The monoisotopic (exact) mass is 344 g/mol. The lowest BCUT2D eigenvalue weighted by Gasteiger charge is -2.10. The molecule has 24 heavy (non-hydrogen) atoms. The molecule has 0 saturated heterocycles. The Morgan fingerprint density at radius 1 is 1.04 bits per heavy atom. The maximum absolute atomic E-state index is 12.4. The molecule has 1 aromatic carbocycles. The predicted molar refractivity (Wildman–Crippen MR) is 90.7 cm³/mol. The van der Waals surface area contributed by atoms with Crippen molar-refractivity contribution in [2.75, 3.05) is 10.0 Å². The minimum absolute atomic E-state index is 0.241. The number of hydrogen-bond donors (Lipinski definition) is 2. The zero-order valence-corrected chi connectivity index (χ0v) is 14.0. The van der Waals surface area contributed by atoms with Crippen molar-refractivity contribution in [1.82, 2.24) is 10.1 Å². The van der Waals surface area contributed by atoms with Gasteiger partial charge in [0.2, 0.25) is 0 Å². The number of pyridine rings is 1. The number of benzene rings is 1. The van der Waals surface area contributed by atoms with Crippen LogP contribution in [0.3, 0.4) is 0 Å². The van der Waals surface area contributed by atoms with Crippen molar-refractivity contribution in [2.24, 2.45) is 0 Å². The fraction of sp³-hybridized carbons (Fsp3) is 0.125. The van der Waals surface area contributed by atoms with Crippen LogP contribution in [0, 0.1) is 13.8 Å². The van der Waals surface area contributed by atoms with Gasteiger partial charge in [-0.15, -0.1) is 0 Å². The van der Waals surface area contributed by atoms with Crippen LogP contribution >= 0.6 is 0 Å². The molecule has 0 spiro atoms. The van der Waals surface area contributed by atoms with Crippen molar-refractivity contribution in [1.29, 1.82) is 0 Å². The van der Waals surface area contributed by atoms with E-state index in [0.717, 1.165) is 0 Å². The highest BCUT2D eigenvalue weighted by molar-refractivity contribution is 7.92. The molecule has 124 valence electrons. The summed E-state index contributed by atoms with van der Waals surface area (Å²) in [5.41, 5.74) is 1.05. The molecule has 8 heteroatoms. The number of nitrogens with zero attached hydrogens (tertiary/aromatic N) is 2. The number of nitrogens with one attached hydrogen (secondary N) is 2. The lowest BCUT2D eigenvalue weighted by Crippen LogP contribution is -2.14. The summed E-state index contributed by atoms with van der Waals surface area (Å²) in [7, 11) is -3.65. The number of rotatable bonds is 5. The first-order valence-corrected chi connectivity index (χ1v) is 8.67. The van der Waals surface area contributed by atoms with E-state index in [0.29, 0.717) is 28.6 Å². The summed E-state index contributed by atoms with van der Waals surface area (Å²) in [6.07, 6.45) is 1.44. The molecule has 0 unspecified atom stereocenters. The van der Waals surface area contributed by atoms with Crippen LogP contribution in [-0.4, -0.2) is 18.6 Å². The van der Waals surface area contributed by atoms with Crippen molar-refractivity contribution in [2.45, 2.75) is 18.7 Å². The van der Waals surface area contributed by atoms with Crippen LogP contribution in [0.1, 0.15) is 11.3 Å². The summed E-state index contributed by atoms with van der Waals surface area (Å²) in [5, 5.41) is 6.77. The highest BCUT2D eigenvalue weighted by Crippen LogP contribution is 2.20. The van der Waals surface area contributed by atoms with Crippen LogP contribution in [-0.2, 0) is 10.0 Å². The van der Waals surface area contributed by atoms with Crippen LogP contribution in [0.4, 0.5) is 17.3 Å². The molecule has 0 atom stereocenters. The van der Waals surface area contributed by atoms with E-state index >= 15 is 0 Å². The average molecular weight is 344 g/mol. The van der Waals surface area contributed by atoms with E-state index in [2.05, 4.69) is 20.2 Å². The van der Waals surface area contributed by atoms with Crippen molar-refractivity contribution in [3.05, 3.63) is 60.0 Å². The van der Waals surface area contributed by atoms with E-state index in [1.54, 1.807) is 56.3 Å². The minimum atomic E-state index is -3.65. The van der Waals surface area contributed by atoms with Crippen LogP contribution in [0.15, 0.2) is 58.1 Å². The molecule has 0 aliphatic rings. The molecule has 0 radical (unpaired) electrons. The molecule has 2 N–H and O–H groups in total. The molecular weight excluding hydrogens is 328 g/mol. The average Bonchev–Trinajstić information content (AvgIpc) is 2.94. The molecule has 0 saturated carbocycles. The summed E-state index contributed by atoms with van der Waals surface area (Å²) in [6.45, 7) is 3.54. The van der Waals surface area contributed by atoms with E-state index in [-0.39, 0.29) is 4.90 Å². The van der Waals surface area contributed by atoms with E-state index in [1.165, 1.54) is 6.20 Å². The molecule has 0 bridgehead atoms. The summed E-state index contributed by atoms with van der Waals surface area (Å²) >= 11 is 0. The van der Waals surface area contributed by atoms with E-state index in [9.17, 15) is 8.42 Å². The third-order valence-corrected chi connectivity index (χ3v) is 4.82. The van der Waals surface area contributed by atoms with Crippen LogP contribution in [0.25, 0.3) is 0 Å². The Hall–Kier alpha value is -2.87. The molecule has 0 amide bonds. The Morgan fingerprint density at radius 2 is 1.83 bits per heavy atom. The summed E-state index contributed by atoms with van der Waals surface area (Å²) < 4.78 is 32.3. The molecule has 2 heterocycles. The fourth-order valence-electron chi connectivity index (χ4n) is 2.15. The Labute approximate surface area is 139 Å². The summed E-state index contributed by atoms with van der Waals surface area (Å²) in [5.74, 6) is 1.75. The van der Waals surface area contributed by atoms with Gasteiger partial charge in [0, 0.05) is 6.07 Å². The number of aryl methyl sites for hydroxylation is 2. The van der Waals surface area contributed by atoms with Gasteiger partial charge in [0.1, 0.15) is 11.6 Å². The smallest absolute Gasteiger partial charge is 0.262 e. The zero-order valence-electron chi connectivity index (χ0n) is 13.1. The van der Waals surface area contributed by atoms with Gasteiger partial charge in [-0.1, -0.05) is 23.4 Å². The number of anilines is 3. The quantitative estimate of drug-likeness (QED) is 0.737. The molecule has 3 aromatic rings. The van der Waals surface area contributed by atoms with Crippen LogP contribution in [0.2, 0.25) is 0 Å². The fourth-order valence-corrected chi connectivity index (χ4v) is 3.44. The van der Waals surface area contributed by atoms with Crippen molar-refractivity contribution < 1.29 is 12.9 Å². The first kappa shape index (κ1) is 16.0. The largest absolute Gasteiger partial charge is 0.360 e. The normalized spacial score (nSPS) is 11.2. The number of hydrogen-bond acceptors (Lipinski definition) is 6. The standard InChI is InChI=1S/C16H16N4O3S/c1-11-5-3-4-6-14(11)24(21,22)20-13-7-8-15(17-10-13)18-16-9-12(2)23-19-16/h3-10,20H,1-2H3,(H,17,18,19). The van der Waals surface area contributed by atoms with Gasteiger partial charge in [-0.05, 0) is 37.6 Å². The van der Waals surface area contributed by atoms with Crippen molar-refractivity contribution in [3.63, 3.8) is 0 Å². The van der Waals surface area contributed by atoms with Gasteiger partial charge in [-0.2, -0.15) is 0 Å². The Balaban J connectivity index is 1.75. The van der Waals surface area contributed by atoms with Gasteiger partial charge in [-0.25, -0.2) is 13.4 Å². The third kappa shape index (κ3) is 3.54. The van der Waals surface area contributed by atoms with E-state index in [1.807, 2.05) is 0 Å². The Bertz CT molecular complexity index is 949. The summed E-state index contributed by atoms with van der Waals surface area (Å²) in [4.78, 5) is 4.40. The van der Waals surface area contributed by atoms with Crippen LogP contribution in [0.5, 0.6) is 0 Å². The molecule has 3 rings (SSSR count). The molecule has 2 aromatic heterocycles. The van der Waals surface area contributed by atoms with E-state index < -0.39 is 10.0 Å².